The van der Waals surface area contributed by atoms with E-state index in [2.05, 4.69) is 10.1 Å². The van der Waals surface area contributed by atoms with E-state index in [9.17, 15) is 14.4 Å². The summed E-state index contributed by atoms with van der Waals surface area (Å²) in [5.74, 6) is -0.898. The highest BCUT2D eigenvalue weighted by Crippen LogP contribution is 2.25. The van der Waals surface area contributed by atoms with Gasteiger partial charge in [0.2, 0.25) is 5.91 Å². The Hall–Kier alpha value is -2.28. The van der Waals surface area contributed by atoms with E-state index in [1.807, 2.05) is 20.8 Å². The lowest BCUT2D eigenvalue weighted by molar-refractivity contribution is -0.136. The molecular weight excluding hydrogens is 348 g/mol. The number of ether oxygens (including phenoxy) is 2. The summed E-state index contributed by atoms with van der Waals surface area (Å²) in [5.41, 5.74) is -0.0889. The second-order valence-electron chi connectivity index (χ2n) is 6.47. The molecule has 0 aliphatic carbocycles. The van der Waals surface area contributed by atoms with Crippen molar-refractivity contribution in [1.82, 2.24) is 10.2 Å². The molecule has 0 aromatic heterocycles. The van der Waals surface area contributed by atoms with Crippen LogP contribution < -0.4 is 10.1 Å². The van der Waals surface area contributed by atoms with Gasteiger partial charge in [-0.25, -0.2) is 4.79 Å². The fourth-order valence-corrected chi connectivity index (χ4v) is 2.11. The number of nitrogens with zero attached hydrogens (tertiary/aromatic N) is 1. The lowest BCUT2D eigenvalue weighted by atomic mass is 10.1. The van der Waals surface area contributed by atoms with Gasteiger partial charge in [-0.05, 0) is 39.0 Å². The van der Waals surface area contributed by atoms with Gasteiger partial charge in [0.15, 0.2) is 6.61 Å². The molecule has 0 radical (unpaired) electrons. The second-order valence-corrected chi connectivity index (χ2v) is 6.88. The van der Waals surface area contributed by atoms with Gasteiger partial charge in [0.25, 0.3) is 5.91 Å². The first-order valence-corrected chi connectivity index (χ1v) is 7.97. The number of methoxy groups -OCH3 is 1. The molecule has 0 aliphatic heterocycles. The number of carbonyl (C=O) groups is 3. The highest BCUT2D eigenvalue weighted by molar-refractivity contribution is 6.32. The van der Waals surface area contributed by atoms with Crippen molar-refractivity contribution in [2.24, 2.45) is 0 Å². The number of hydrogen-bond acceptors (Lipinski definition) is 5. The highest BCUT2D eigenvalue weighted by Gasteiger charge is 2.18. The normalized spacial score (nSPS) is 10.8. The number of benzene rings is 1. The van der Waals surface area contributed by atoms with Crippen LogP contribution in [0.3, 0.4) is 0 Å². The van der Waals surface area contributed by atoms with Gasteiger partial charge in [0.05, 0.1) is 24.2 Å². The largest absolute Gasteiger partial charge is 0.482 e. The minimum Gasteiger partial charge on any atom is -0.482 e. The molecule has 1 rings (SSSR count). The smallest absolute Gasteiger partial charge is 0.337 e. The second kappa shape index (κ2) is 8.71. The van der Waals surface area contributed by atoms with Crippen molar-refractivity contribution in [3.63, 3.8) is 0 Å². The van der Waals surface area contributed by atoms with Crippen LogP contribution in [0.4, 0.5) is 0 Å². The number of hydrogen-bond donors (Lipinski definition) is 1. The van der Waals surface area contributed by atoms with Crippen molar-refractivity contribution >= 4 is 29.4 Å². The van der Waals surface area contributed by atoms with E-state index in [0.29, 0.717) is 0 Å². The number of nitrogens with one attached hydrogen (secondary N) is 1. The average Bonchev–Trinajstić information content (AvgIpc) is 2.50. The lowest BCUT2D eigenvalue weighted by Gasteiger charge is -2.23. The van der Waals surface area contributed by atoms with Crippen LogP contribution in [-0.4, -0.2) is 55.5 Å². The number of rotatable bonds is 6. The zero-order valence-electron chi connectivity index (χ0n) is 15.0. The Morgan fingerprint density at radius 2 is 1.88 bits per heavy atom. The molecule has 0 unspecified atom stereocenters. The van der Waals surface area contributed by atoms with Crippen LogP contribution in [0.15, 0.2) is 18.2 Å². The Labute approximate surface area is 152 Å². The molecule has 1 aromatic carbocycles. The summed E-state index contributed by atoms with van der Waals surface area (Å²) in [6.07, 6.45) is 0. The molecule has 2 amide bonds. The monoisotopic (exact) mass is 370 g/mol. The van der Waals surface area contributed by atoms with Crippen LogP contribution in [0.25, 0.3) is 0 Å². The minimum absolute atomic E-state index is 0.0749. The SMILES string of the molecule is COC(=O)c1ccc(OCC(=O)N(C)CC(=O)NC(C)(C)C)c(Cl)c1. The van der Waals surface area contributed by atoms with Crippen LogP contribution in [0.5, 0.6) is 5.75 Å². The first-order valence-electron chi connectivity index (χ1n) is 7.59. The Morgan fingerprint density at radius 1 is 1.24 bits per heavy atom. The number of halogens is 1. The number of amides is 2. The summed E-state index contributed by atoms with van der Waals surface area (Å²) in [6.45, 7) is 5.21. The molecule has 1 aromatic rings. The molecule has 7 nitrogen and oxygen atoms in total. The Bertz CT molecular complexity index is 655. The molecule has 0 fully saturated rings. The third kappa shape index (κ3) is 7.01. The fourth-order valence-electron chi connectivity index (χ4n) is 1.87. The van der Waals surface area contributed by atoms with E-state index in [4.69, 9.17) is 16.3 Å². The van der Waals surface area contributed by atoms with Gasteiger partial charge >= 0.3 is 5.97 Å². The molecule has 1 N–H and O–H groups in total. The van der Waals surface area contributed by atoms with Gasteiger partial charge in [-0.1, -0.05) is 11.6 Å². The van der Waals surface area contributed by atoms with Gasteiger partial charge in [0, 0.05) is 12.6 Å². The molecule has 0 saturated carbocycles. The van der Waals surface area contributed by atoms with E-state index in [1.165, 1.54) is 37.3 Å². The van der Waals surface area contributed by atoms with Gasteiger partial charge in [-0.2, -0.15) is 0 Å². The molecule has 0 atom stereocenters. The number of esters is 1. The molecule has 0 saturated heterocycles. The molecule has 0 aliphatic rings. The van der Waals surface area contributed by atoms with Crippen molar-refractivity contribution in [2.75, 3.05) is 27.3 Å². The van der Waals surface area contributed by atoms with Crippen molar-refractivity contribution in [1.29, 1.82) is 0 Å². The Kier molecular flexibility index (Phi) is 7.23. The maximum Gasteiger partial charge on any atom is 0.337 e. The third-order valence-electron chi connectivity index (χ3n) is 3.03. The predicted octanol–water partition coefficient (Wildman–Crippen LogP) is 1.88. The number of likely N-dealkylation sites (N-methyl/N-ethyl adjacent to an activating group) is 1. The van der Waals surface area contributed by atoms with Gasteiger partial charge in [-0.15, -0.1) is 0 Å². The first-order chi connectivity index (χ1) is 11.5. The van der Waals surface area contributed by atoms with Crippen LogP contribution in [-0.2, 0) is 14.3 Å². The maximum atomic E-state index is 12.1. The zero-order chi connectivity index (χ0) is 19.2. The van der Waals surface area contributed by atoms with Crippen molar-refractivity contribution in [3.05, 3.63) is 28.8 Å². The first kappa shape index (κ1) is 20.8. The van der Waals surface area contributed by atoms with Crippen molar-refractivity contribution in [2.45, 2.75) is 26.3 Å². The standard InChI is InChI=1S/C17H23ClN2O5/c1-17(2,3)19-14(21)9-20(4)15(22)10-25-13-7-6-11(8-12(13)18)16(23)24-5/h6-8H,9-10H2,1-5H3,(H,19,21). The molecular formula is C17H23ClN2O5. The molecule has 0 bridgehead atoms. The minimum atomic E-state index is -0.519. The summed E-state index contributed by atoms with van der Waals surface area (Å²) in [5, 5.41) is 2.96. The van der Waals surface area contributed by atoms with E-state index < -0.39 is 5.97 Å². The van der Waals surface area contributed by atoms with Crippen molar-refractivity contribution < 1.29 is 23.9 Å². The Morgan fingerprint density at radius 3 is 2.40 bits per heavy atom. The summed E-state index contributed by atoms with van der Waals surface area (Å²) in [6, 6.07) is 4.36. The van der Waals surface area contributed by atoms with Gasteiger partial charge in [0.1, 0.15) is 5.75 Å². The molecule has 8 heteroatoms. The number of carbonyl (C=O) groups excluding carboxylic acids is 3. The van der Waals surface area contributed by atoms with E-state index in [-0.39, 0.29) is 46.8 Å². The van der Waals surface area contributed by atoms with Gasteiger partial charge in [-0.3, -0.25) is 9.59 Å². The quantitative estimate of drug-likeness (QED) is 0.773. The fraction of sp³-hybridized carbons (Fsp3) is 0.471. The van der Waals surface area contributed by atoms with Gasteiger partial charge < -0.3 is 19.7 Å². The maximum absolute atomic E-state index is 12.1. The van der Waals surface area contributed by atoms with E-state index >= 15 is 0 Å². The van der Waals surface area contributed by atoms with Crippen LogP contribution in [0.2, 0.25) is 5.02 Å². The van der Waals surface area contributed by atoms with Crippen LogP contribution in [0, 0.1) is 0 Å². The lowest BCUT2D eigenvalue weighted by Crippen LogP contribution is -2.47. The molecule has 0 heterocycles. The highest BCUT2D eigenvalue weighted by atomic mass is 35.5. The topological polar surface area (TPSA) is 84.9 Å². The summed E-state index contributed by atoms with van der Waals surface area (Å²) >= 11 is 6.03. The zero-order valence-corrected chi connectivity index (χ0v) is 15.8. The third-order valence-corrected chi connectivity index (χ3v) is 3.32. The molecule has 138 valence electrons. The van der Waals surface area contributed by atoms with E-state index in [0.717, 1.165) is 0 Å². The molecule has 25 heavy (non-hydrogen) atoms. The summed E-state index contributed by atoms with van der Waals surface area (Å²) < 4.78 is 9.96. The average molecular weight is 371 g/mol. The van der Waals surface area contributed by atoms with E-state index in [1.54, 1.807) is 0 Å². The van der Waals surface area contributed by atoms with Crippen molar-refractivity contribution in [3.8, 4) is 5.75 Å². The summed E-state index contributed by atoms with van der Waals surface area (Å²) in [7, 11) is 2.78. The van der Waals surface area contributed by atoms with Crippen LogP contribution >= 0.6 is 11.6 Å². The van der Waals surface area contributed by atoms with Crippen LogP contribution in [0.1, 0.15) is 31.1 Å². The Balaban J connectivity index is 2.58. The predicted molar refractivity (Wildman–Crippen MR) is 93.8 cm³/mol. The molecule has 0 spiro atoms. The summed E-state index contributed by atoms with van der Waals surface area (Å²) in [4.78, 5) is 36.6.